The van der Waals surface area contributed by atoms with Crippen molar-refractivity contribution in [2.45, 2.75) is 71.8 Å². The third-order valence-corrected chi connectivity index (χ3v) is 7.66. The highest BCUT2D eigenvalue weighted by molar-refractivity contribution is 5.78. The fraction of sp³-hybridized carbons (Fsp3) is 0.840. The van der Waals surface area contributed by atoms with Crippen LogP contribution in [0.2, 0.25) is 0 Å². The number of carbonyl (C=O) groups is 2. The van der Waals surface area contributed by atoms with E-state index in [0.29, 0.717) is 57.0 Å². The van der Waals surface area contributed by atoms with Crippen LogP contribution in [0, 0.1) is 11.3 Å². The van der Waals surface area contributed by atoms with Crippen LogP contribution in [0.25, 0.3) is 0 Å². The average Bonchev–Trinajstić information content (AvgIpc) is 3.44. The number of likely N-dealkylation sites (tertiary alicyclic amines) is 2. The van der Waals surface area contributed by atoms with Crippen molar-refractivity contribution in [3.8, 4) is 0 Å². The first-order chi connectivity index (χ1) is 16.3. The smallest absolute Gasteiger partial charge is 0.236 e. The molecule has 4 rings (SSSR count). The minimum absolute atomic E-state index is 0.0619. The lowest BCUT2D eigenvalue weighted by atomic mass is 9.76. The molecule has 1 unspecified atom stereocenters. The van der Waals surface area contributed by atoms with Gasteiger partial charge in [0.25, 0.3) is 0 Å². The Balaban J connectivity index is 1.45. The van der Waals surface area contributed by atoms with Crippen LogP contribution in [0.5, 0.6) is 0 Å². The molecule has 4 heterocycles. The largest absolute Gasteiger partial charge is 0.423 e. The van der Waals surface area contributed by atoms with E-state index in [1.807, 2.05) is 23.6 Å². The number of piperidine rings is 1. The molecular weight excluding hydrogens is 434 g/mol. The maximum absolute atomic E-state index is 13.1. The van der Waals surface area contributed by atoms with Gasteiger partial charge in [-0.3, -0.25) is 14.5 Å². The molecule has 190 valence electrons. The van der Waals surface area contributed by atoms with E-state index in [1.54, 1.807) is 0 Å². The zero-order valence-electron chi connectivity index (χ0n) is 21.3. The van der Waals surface area contributed by atoms with Gasteiger partial charge in [0.15, 0.2) is 0 Å². The van der Waals surface area contributed by atoms with Crippen LogP contribution in [0.1, 0.15) is 83.5 Å². The lowest BCUT2D eigenvalue weighted by Gasteiger charge is -2.39. The summed E-state index contributed by atoms with van der Waals surface area (Å²) in [5.74, 6) is 2.37. The summed E-state index contributed by atoms with van der Waals surface area (Å²) >= 11 is 0. The highest BCUT2D eigenvalue weighted by Gasteiger charge is 2.48. The fourth-order valence-corrected chi connectivity index (χ4v) is 5.42. The quantitative estimate of drug-likeness (QED) is 0.599. The van der Waals surface area contributed by atoms with Crippen LogP contribution in [0.15, 0.2) is 4.42 Å². The Kier molecular flexibility index (Phi) is 7.92. The van der Waals surface area contributed by atoms with Crippen LogP contribution in [0.3, 0.4) is 0 Å². The zero-order chi connectivity index (χ0) is 24.3. The number of hydrogen-bond acceptors (Lipinski definition) is 7. The fourth-order valence-electron chi connectivity index (χ4n) is 5.42. The number of morpholine rings is 1. The lowest BCUT2D eigenvalue weighted by molar-refractivity contribution is -0.136. The Hall–Kier alpha value is -2.00. The highest BCUT2D eigenvalue weighted by atomic mass is 16.5. The lowest BCUT2D eigenvalue weighted by Crippen LogP contribution is -2.47. The molecular formula is C25H41N5O4. The second-order valence-electron chi connectivity index (χ2n) is 11.1. The molecule has 0 radical (unpaired) electrons. The third kappa shape index (κ3) is 5.79. The van der Waals surface area contributed by atoms with E-state index in [0.717, 1.165) is 45.3 Å². The number of carbonyl (C=O) groups excluding carboxylic acids is 2. The van der Waals surface area contributed by atoms with Gasteiger partial charge in [-0.05, 0) is 37.0 Å². The molecule has 0 N–H and O–H groups in total. The van der Waals surface area contributed by atoms with Gasteiger partial charge >= 0.3 is 0 Å². The summed E-state index contributed by atoms with van der Waals surface area (Å²) in [6, 6.07) is -0.0619. The van der Waals surface area contributed by atoms with Gasteiger partial charge in [0.2, 0.25) is 23.6 Å². The van der Waals surface area contributed by atoms with Crippen molar-refractivity contribution in [2.75, 3.05) is 52.5 Å². The summed E-state index contributed by atoms with van der Waals surface area (Å²) in [7, 11) is 0. The van der Waals surface area contributed by atoms with Crippen molar-refractivity contribution in [1.82, 2.24) is 24.9 Å². The highest BCUT2D eigenvalue weighted by Crippen LogP contribution is 2.49. The first-order valence-corrected chi connectivity index (χ1v) is 13.0. The molecule has 1 spiro atoms. The Morgan fingerprint density at radius 1 is 1.00 bits per heavy atom. The minimum Gasteiger partial charge on any atom is -0.423 e. The Morgan fingerprint density at radius 2 is 1.68 bits per heavy atom. The average molecular weight is 476 g/mol. The summed E-state index contributed by atoms with van der Waals surface area (Å²) in [6.07, 6.45) is 4.36. The van der Waals surface area contributed by atoms with Crippen molar-refractivity contribution in [3.63, 3.8) is 0 Å². The molecule has 9 heteroatoms. The molecule has 0 bridgehead atoms. The summed E-state index contributed by atoms with van der Waals surface area (Å²) in [5, 5.41) is 8.64. The Morgan fingerprint density at radius 3 is 2.29 bits per heavy atom. The normalized spacial score (nSPS) is 23.4. The number of rotatable bonds is 7. The van der Waals surface area contributed by atoms with Gasteiger partial charge in [-0.2, -0.15) is 0 Å². The topological polar surface area (TPSA) is 92.0 Å². The predicted octanol–water partition coefficient (Wildman–Crippen LogP) is 2.84. The van der Waals surface area contributed by atoms with Crippen LogP contribution < -0.4 is 0 Å². The number of aromatic nitrogens is 2. The molecule has 34 heavy (non-hydrogen) atoms. The molecule has 0 aliphatic carbocycles. The molecule has 1 aromatic rings. The van der Waals surface area contributed by atoms with Gasteiger partial charge in [0.1, 0.15) is 0 Å². The predicted molar refractivity (Wildman–Crippen MR) is 127 cm³/mol. The molecule has 9 nitrogen and oxygen atoms in total. The van der Waals surface area contributed by atoms with Crippen LogP contribution in [-0.2, 0) is 14.3 Å². The van der Waals surface area contributed by atoms with Crippen molar-refractivity contribution < 1.29 is 18.7 Å². The number of nitrogens with zero attached hydrogens (tertiary/aromatic N) is 5. The maximum Gasteiger partial charge on any atom is 0.236 e. The van der Waals surface area contributed by atoms with E-state index < -0.39 is 0 Å². The van der Waals surface area contributed by atoms with E-state index >= 15 is 0 Å². The number of ether oxygens (including phenoxy) is 1. The van der Waals surface area contributed by atoms with E-state index in [9.17, 15) is 9.59 Å². The Bertz CT molecular complexity index is 840. The molecule has 3 saturated heterocycles. The second kappa shape index (κ2) is 10.7. The van der Waals surface area contributed by atoms with E-state index in [1.165, 1.54) is 0 Å². The summed E-state index contributed by atoms with van der Waals surface area (Å²) in [6.45, 7) is 13.6. The molecule has 2 amide bonds. The van der Waals surface area contributed by atoms with Crippen molar-refractivity contribution in [2.24, 2.45) is 11.3 Å². The van der Waals surface area contributed by atoms with Gasteiger partial charge in [-0.1, -0.05) is 27.7 Å². The Labute approximate surface area is 203 Å². The number of amides is 2. The maximum atomic E-state index is 13.1. The molecule has 0 aromatic carbocycles. The van der Waals surface area contributed by atoms with Gasteiger partial charge in [0, 0.05) is 45.1 Å². The molecule has 0 saturated carbocycles. The van der Waals surface area contributed by atoms with Crippen molar-refractivity contribution in [3.05, 3.63) is 11.8 Å². The SMILES string of the molecule is CC(C)CCC(=O)N1CCC2(CC1)CC(c1nnc(C(C)C)o1)N(CC(=O)N1CCOCC1)C2. The van der Waals surface area contributed by atoms with Crippen molar-refractivity contribution in [1.29, 1.82) is 0 Å². The minimum atomic E-state index is -0.0619. The van der Waals surface area contributed by atoms with Gasteiger partial charge < -0.3 is 19.0 Å². The first kappa shape index (κ1) is 25.1. The number of hydrogen-bond donors (Lipinski definition) is 0. The van der Waals surface area contributed by atoms with Gasteiger partial charge in [0.05, 0.1) is 25.8 Å². The monoisotopic (exact) mass is 475 g/mol. The standard InChI is InChI=1S/C25H41N5O4/c1-18(2)5-6-21(31)28-9-7-25(8-10-28)15-20(24-27-26-23(34-24)19(3)4)30(17-25)16-22(32)29-11-13-33-14-12-29/h18-20H,5-17H2,1-4H3. The van der Waals surface area contributed by atoms with Crippen molar-refractivity contribution >= 4 is 11.8 Å². The van der Waals surface area contributed by atoms with Crippen LogP contribution in [0.4, 0.5) is 0 Å². The second-order valence-corrected chi connectivity index (χ2v) is 11.1. The molecule has 3 aliphatic heterocycles. The summed E-state index contributed by atoms with van der Waals surface area (Å²) < 4.78 is 11.5. The van der Waals surface area contributed by atoms with Gasteiger partial charge in [-0.15, -0.1) is 10.2 Å². The summed E-state index contributed by atoms with van der Waals surface area (Å²) in [4.78, 5) is 31.9. The summed E-state index contributed by atoms with van der Waals surface area (Å²) in [5.41, 5.74) is 0.0667. The molecule has 1 atom stereocenters. The third-order valence-electron chi connectivity index (χ3n) is 7.66. The first-order valence-electron chi connectivity index (χ1n) is 13.0. The molecule has 3 fully saturated rings. The van der Waals surface area contributed by atoms with E-state index in [4.69, 9.17) is 9.15 Å². The molecule has 1 aromatic heterocycles. The molecule has 3 aliphatic rings. The van der Waals surface area contributed by atoms with Crippen LogP contribution >= 0.6 is 0 Å². The van der Waals surface area contributed by atoms with Crippen LogP contribution in [-0.4, -0.2) is 89.2 Å². The zero-order valence-corrected chi connectivity index (χ0v) is 21.3. The van der Waals surface area contributed by atoms with E-state index in [-0.39, 0.29) is 29.2 Å². The van der Waals surface area contributed by atoms with E-state index in [2.05, 4.69) is 28.9 Å². The van der Waals surface area contributed by atoms with Gasteiger partial charge in [-0.25, -0.2) is 0 Å².